The number of unbranched alkanes of at least 4 members (excludes halogenated alkanes) is 2. The molecule has 0 saturated carbocycles. The van der Waals surface area contributed by atoms with Crippen LogP contribution in [0, 0.1) is 10.1 Å². The molecule has 15 nitrogen and oxygen atoms in total. The number of nitrogens with zero attached hydrogens (tertiary/aromatic N) is 3. The molecule has 0 radical (unpaired) electrons. The molecule has 15 heteroatoms. The van der Waals surface area contributed by atoms with Crippen LogP contribution in [0.5, 0.6) is 0 Å². The second-order valence-electron chi connectivity index (χ2n) is 7.99. The van der Waals surface area contributed by atoms with E-state index in [0.717, 1.165) is 17.0 Å². The lowest BCUT2D eigenvalue weighted by Gasteiger charge is -2.13. The molecule has 0 atom stereocenters. The third kappa shape index (κ3) is 9.25. The van der Waals surface area contributed by atoms with Gasteiger partial charge in [0.1, 0.15) is 5.56 Å². The zero-order valence-electron chi connectivity index (χ0n) is 20.4. The number of anilines is 1. The monoisotopic (exact) mass is 529 g/mol. The summed E-state index contributed by atoms with van der Waals surface area (Å²) >= 11 is 0. The first-order chi connectivity index (χ1) is 18.1. The summed E-state index contributed by atoms with van der Waals surface area (Å²) in [6, 6.07) is 3.48. The van der Waals surface area contributed by atoms with E-state index in [0.29, 0.717) is 19.3 Å². The minimum atomic E-state index is -0.829. The lowest BCUT2D eigenvalue weighted by atomic mass is 10.1. The molecule has 2 rings (SSSR count). The van der Waals surface area contributed by atoms with Crippen LogP contribution in [0.15, 0.2) is 35.5 Å². The highest BCUT2D eigenvalue weighted by molar-refractivity contribution is 6.12. The highest BCUT2D eigenvalue weighted by Gasteiger charge is 2.22. The van der Waals surface area contributed by atoms with E-state index >= 15 is 0 Å². The second-order valence-corrected chi connectivity index (χ2v) is 7.99. The van der Waals surface area contributed by atoms with Crippen LogP contribution < -0.4 is 21.4 Å². The van der Waals surface area contributed by atoms with Gasteiger partial charge in [-0.3, -0.25) is 43.8 Å². The van der Waals surface area contributed by atoms with E-state index in [1.807, 2.05) is 5.43 Å². The van der Waals surface area contributed by atoms with E-state index in [1.165, 1.54) is 18.2 Å². The number of hydrogen-bond donors (Lipinski definition) is 4. The number of nitro groups is 1. The molecule has 4 N–H and O–H groups in total. The lowest BCUT2D eigenvalue weighted by Crippen LogP contribution is -2.38. The predicted octanol–water partition coefficient (Wildman–Crippen LogP) is -0.0134. The molecule has 1 aromatic rings. The minimum Gasteiger partial charge on any atom is -0.354 e. The number of carbonyl (C=O) groups is 6. The Morgan fingerprint density at radius 2 is 1.66 bits per heavy atom. The fraction of sp³-hybridized carbons (Fsp3) is 0.348. The Balaban J connectivity index is 1.62. The topological polar surface area (TPSA) is 209 Å². The summed E-state index contributed by atoms with van der Waals surface area (Å²) in [4.78, 5) is 82.2. The number of amides is 6. The number of nitro benzene ring substituents is 1. The minimum absolute atomic E-state index is 0.0447. The molecular weight excluding hydrogens is 502 g/mol. The maximum absolute atomic E-state index is 12.1. The summed E-state index contributed by atoms with van der Waals surface area (Å²) in [5.41, 5.74) is 1.27. The average Bonchev–Trinajstić information content (AvgIpc) is 3.19. The first kappa shape index (κ1) is 29.3. The van der Waals surface area contributed by atoms with Crippen LogP contribution in [0.1, 0.15) is 42.5 Å². The van der Waals surface area contributed by atoms with Crippen molar-refractivity contribution in [2.45, 2.75) is 32.1 Å². The summed E-state index contributed by atoms with van der Waals surface area (Å²) in [5, 5.41) is 21.8. The first-order valence-electron chi connectivity index (χ1n) is 11.5. The highest BCUT2D eigenvalue weighted by atomic mass is 16.6. The van der Waals surface area contributed by atoms with Gasteiger partial charge in [0, 0.05) is 56.6 Å². The van der Waals surface area contributed by atoms with E-state index in [2.05, 4.69) is 27.8 Å². The van der Waals surface area contributed by atoms with Crippen molar-refractivity contribution in [2.24, 2.45) is 5.10 Å². The molecule has 0 unspecified atom stereocenters. The Kier molecular flexibility index (Phi) is 11.2. The quantitative estimate of drug-likeness (QED) is 0.0796. The van der Waals surface area contributed by atoms with Crippen molar-refractivity contribution in [3.05, 3.63) is 46.0 Å². The van der Waals surface area contributed by atoms with Gasteiger partial charge in [0.15, 0.2) is 0 Å². The van der Waals surface area contributed by atoms with Crippen molar-refractivity contribution in [3.63, 3.8) is 0 Å². The smallest absolute Gasteiger partial charge is 0.284 e. The number of hydrazone groups is 1. The molecule has 0 spiro atoms. The summed E-state index contributed by atoms with van der Waals surface area (Å²) in [6.45, 7) is 3.03. The number of hydrogen-bond acceptors (Lipinski definition) is 9. The number of imide groups is 1. The van der Waals surface area contributed by atoms with E-state index in [1.54, 1.807) is 0 Å². The van der Waals surface area contributed by atoms with Crippen molar-refractivity contribution >= 4 is 53.5 Å². The Bertz CT molecular complexity index is 1150. The molecule has 0 fully saturated rings. The van der Waals surface area contributed by atoms with Gasteiger partial charge in [-0.15, -0.1) is 0 Å². The predicted molar refractivity (Wildman–Crippen MR) is 134 cm³/mol. The normalized spacial score (nSPS) is 12.2. The largest absolute Gasteiger partial charge is 0.354 e. The molecule has 38 heavy (non-hydrogen) atoms. The van der Waals surface area contributed by atoms with Crippen molar-refractivity contribution in [1.29, 1.82) is 0 Å². The van der Waals surface area contributed by atoms with E-state index in [4.69, 9.17) is 0 Å². The standard InChI is InChI=1S/C23H27N7O8/c1-24-28-23(36)16-7-6-15(13-17(16)30(37)38)27-19(32)10-11-25-20(33)14-26-18(31)5-3-2-4-12-29-21(34)8-9-22(29)35/h6-9,13H,1-5,10-12,14H2,(H,25,33)(H,26,31)(H,27,32)(H,28,36). The Morgan fingerprint density at radius 1 is 0.947 bits per heavy atom. The SMILES string of the molecule is C=NNC(=O)c1ccc(NC(=O)CCNC(=O)CNC(=O)CCCCCN2C(=O)C=CC2=O)cc1[N+](=O)[O-]. The van der Waals surface area contributed by atoms with Gasteiger partial charge in [0.05, 0.1) is 11.5 Å². The Morgan fingerprint density at radius 3 is 2.32 bits per heavy atom. The van der Waals surface area contributed by atoms with Crippen molar-refractivity contribution < 1.29 is 33.7 Å². The van der Waals surface area contributed by atoms with Crippen LogP contribution in [0.4, 0.5) is 11.4 Å². The summed E-state index contributed by atoms with van der Waals surface area (Å²) in [7, 11) is 0. The zero-order chi connectivity index (χ0) is 28.1. The van der Waals surface area contributed by atoms with Crippen LogP contribution in [0.25, 0.3) is 0 Å². The van der Waals surface area contributed by atoms with Gasteiger partial charge in [0.25, 0.3) is 23.4 Å². The fourth-order valence-corrected chi connectivity index (χ4v) is 3.34. The van der Waals surface area contributed by atoms with Gasteiger partial charge in [-0.2, -0.15) is 5.10 Å². The Hall–Kier alpha value is -4.95. The van der Waals surface area contributed by atoms with Crippen LogP contribution in [0.3, 0.4) is 0 Å². The van der Waals surface area contributed by atoms with Crippen molar-refractivity contribution in [2.75, 3.05) is 25.0 Å². The van der Waals surface area contributed by atoms with Gasteiger partial charge < -0.3 is 16.0 Å². The molecule has 1 aliphatic heterocycles. The molecule has 202 valence electrons. The molecule has 1 aliphatic rings. The third-order valence-electron chi connectivity index (χ3n) is 5.21. The van der Waals surface area contributed by atoms with Crippen molar-refractivity contribution in [1.82, 2.24) is 21.0 Å². The molecule has 0 aliphatic carbocycles. The number of rotatable bonds is 15. The van der Waals surface area contributed by atoms with E-state index < -0.39 is 28.3 Å². The van der Waals surface area contributed by atoms with Gasteiger partial charge in [-0.1, -0.05) is 6.42 Å². The molecule has 0 saturated heterocycles. The van der Waals surface area contributed by atoms with Gasteiger partial charge >= 0.3 is 0 Å². The van der Waals surface area contributed by atoms with Crippen LogP contribution >= 0.6 is 0 Å². The summed E-state index contributed by atoms with van der Waals surface area (Å²) < 4.78 is 0. The highest BCUT2D eigenvalue weighted by Crippen LogP contribution is 2.23. The fourth-order valence-electron chi connectivity index (χ4n) is 3.34. The average molecular weight is 530 g/mol. The molecule has 6 amide bonds. The number of benzene rings is 1. The molecule has 1 heterocycles. The second kappa shape index (κ2) is 14.6. The molecule has 0 aromatic heterocycles. The van der Waals surface area contributed by atoms with Crippen LogP contribution in [0.2, 0.25) is 0 Å². The summed E-state index contributed by atoms with van der Waals surface area (Å²) in [5.74, 6) is -2.90. The third-order valence-corrected chi connectivity index (χ3v) is 5.21. The Labute approximate surface area is 216 Å². The maximum atomic E-state index is 12.1. The van der Waals surface area contributed by atoms with Crippen molar-refractivity contribution in [3.8, 4) is 0 Å². The van der Waals surface area contributed by atoms with Crippen LogP contribution in [-0.4, -0.2) is 71.6 Å². The van der Waals surface area contributed by atoms with Gasteiger partial charge in [-0.05, 0) is 25.0 Å². The van der Waals surface area contributed by atoms with Gasteiger partial charge in [0.2, 0.25) is 17.7 Å². The molecular formula is C23H27N7O8. The maximum Gasteiger partial charge on any atom is 0.284 e. The van der Waals surface area contributed by atoms with Gasteiger partial charge in [-0.25, -0.2) is 5.43 Å². The molecule has 1 aromatic carbocycles. The van der Waals surface area contributed by atoms with E-state index in [9.17, 15) is 38.9 Å². The zero-order valence-corrected chi connectivity index (χ0v) is 20.4. The van der Waals surface area contributed by atoms with Crippen LogP contribution in [-0.2, 0) is 24.0 Å². The first-order valence-corrected chi connectivity index (χ1v) is 11.5. The van der Waals surface area contributed by atoms with E-state index in [-0.39, 0.29) is 61.4 Å². The number of carbonyl (C=O) groups excluding carboxylic acids is 6. The summed E-state index contributed by atoms with van der Waals surface area (Å²) in [6.07, 6.45) is 4.16. The molecule has 0 bridgehead atoms. The number of nitrogens with one attached hydrogen (secondary N) is 4. The lowest BCUT2D eigenvalue weighted by molar-refractivity contribution is -0.385.